The number of nitrogens with two attached hydrogens (primary N) is 1. The summed E-state index contributed by atoms with van der Waals surface area (Å²) in [5.74, 6) is 1.23. The number of anilines is 1. The van der Waals surface area contributed by atoms with E-state index < -0.39 is 0 Å². The second-order valence-corrected chi connectivity index (χ2v) is 5.68. The molecule has 0 unspecified atom stereocenters. The van der Waals surface area contributed by atoms with E-state index in [0.717, 1.165) is 27.1 Å². The molecule has 0 amide bonds. The van der Waals surface area contributed by atoms with E-state index in [-0.39, 0.29) is 0 Å². The van der Waals surface area contributed by atoms with Crippen LogP contribution in [0.4, 0.5) is 5.82 Å². The van der Waals surface area contributed by atoms with Crippen LogP contribution in [-0.4, -0.2) is 9.97 Å². The Morgan fingerprint density at radius 3 is 2.33 bits per heavy atom. The van der Waals surface area contributed by atoms with Crippen molar-refractivity contribution in [2.24, 2.45) is 0 Å². The van der Waals surface area contributed by atoms with Gasteiger partial charge in [-0.15, -0.1) is 0 Å². The Hall–Kier alpha value is -2.20. The molecule has 0 aliphatic rings. The van der Waals surface area contributed by atoms with Crippen molar-refractivity contribution in [2.75, 3.05) is 5.73 Å². The van der Waals surface area contributed by atoms with E-state index in [2.05, 4.69) is 38.0 Å². The minimum atomic E-state index is 0.496. The third kappa shape index (κ3) is 3.47. The van der Waals surface area contributed by atoms with E-state index >= 15 is 0 Å². The van der Waals surface area contributed by atoms with Crippen molar-refractivity contribution < 1.29 is 0 Å². The monoisotopic (exact) mass is 339 g/mol. The molecule has 0 fully saturated rings. The summed E-state index contributed by atoms with van der Waals surface area (Å²) in [6, 6.07) is 19.9. The molecule has 2 N–H and O–H groups in total. The van der Waals surface area contributed by atoms with Crippen molar-refractivity contribution in [3.8, 4) is 11.3 Å². The first kappa shape index (κ1) is 13.8. The van der Waals surface area contributed by atoms with Crippen LogP contribution in [0.15, 0.2) is 65.1 Å². The molecule has 104 valence electrons. The molecule has 0 aliphatic heterocycles. The molecule has 21 heavy (non-hydrogen) atoms. The molecule has 0 radical (unpaired) electrons. The van der Waals surface area contributed by atoms with Crippen molar-refractivity contribution in [1.82, 2.24) is 9.97 Å². The van der Waals surface area contributed by atoms with Gasteiger partial charge >= 0.3 is 0 Å². The normalized spacial score (nSPS) is 10.5. The molecule has 0 spiro atoms. The molecular formula is C17H14BrN3. The summed E-state index contributed by atoms with van der Waals surface area (Å²) in [7, 11) is 0. The first-order valence-corrected chi connectivity index (χ1v) is 7.43. The molecule has 2 aromatic carbocycles. The summed E-state index contributed by atoms with van der Waals surface area (Å²) in [4.78, 5) is 8.95. The predicted octanol–water partition coefficient (Wildman–Crippen LogP) is 4.08. The molecule has 0 atom stereocenters. The summed E-state index contributed by atoms with van der Waals surface area (Å²) in [6.45, 7) is 0. The van der Waals surface area contributed by atoms with E-state index in [4.69, 9.17) is 5.73 Å². The van der Waals surface area contributed by atoms with E-state index in [0.29, 0.717) is 12.2 Å². The third-order valence-corrected chi connectivity index (χ3v) is 3.67. The lowest BCUT2D eigenvalue weighted by Gasteiger charge is -2.06. The van der Waals surface area contributed by atoms with E-state index in [1.165, 1.54) is 0 Å². The van der Waals surface area contributed by atoms with Gasteiger partial charge in [-0.25, -0.2) is 9.97 Å². The standard InChI is InChI=1S/C17H14BrN3/c18-14-8-6-12(7-9-14)10-17-20-15(11-16(19)21-17)13-4-2-1-3-5-13/h1-9,11H,10H2,(H2,19,20,21). The molecule has 0 saturated heterocycles. The van der Waals surface area contributed by atoms with Gasteiger partial charge in [0.1, 0.15) is 11.6 Å². The van der Waals surface area contributed by atoms with Crippen LogP contribution in [0.3, 0.4) is 0 Å². The summed E-state index contributed by atoms with van der Waals surface area (Å²) in [6.07, 6.45) is 0.665. The zero-order valence-electron chi connectivity index (χ0n) is 11.3. The highest BCUT2D eigenvalue weighted by Gasteiger charge is 2.06. The minimum absolute atomic E-state index is 0.496. The number of hydrogen-bond acceptors (Lipinski definition) is 3. The number of hydrogen-bond donors (Lipinski definition) is 1. The first-order valence-electron chi connectivity index (χ1n) is 6.64. The second kappa shape index (κ2) is 6.06. The van der Waals surface area contributed by atoms with Crippen molar-refractivity contribution in [3.05, 3.63) is 76.5 Å². The summed E-state index contributed by atoms with van der Waals surface area (Å²) >= 11 is 3.43. The maximum absolute atomic E-state index is 5.92. The fourth-order valence-electron chi connectivity index (χ4n) is 2.14. The second-order valence-electron chi connectivity index (χ2n) is 4.76. The molecule has 0 bridgehead atoms. The van der Waals surface area contributed by atoms with E-state index in [1.54, 1.807) is 6.07 Å². The maximum Gasteiger partial charge on any atom is 0.135 e. The average Bonchev–Trinajstić information content (AvgIpc) is 2.50. The highest BCUT2D eigenvalue weighted by molar-refractivity contribution is 9.10. The molecule has 3 rings (SSSR count). The molecule has 3 nitrogen and oxygen atoms in total. The summed E-state index contributed by atoms with van der Waals surface area (Å²) < 4.78 is 1.06. The highest BCUT2D eigenvalue weighted by Crippen LogP contribution is 2.20. The van der Waals surface area contributed by atoms with Gasteiger partial charge < -0.3 is 5.73 Å². The van der Waals surface area contributed by atoms with Gasteiger partial charge in [-0.05, 0) is 17.7 Å². The van der Waals surface area contributed by atoms with Crippen LogP contribution in [0.2, 0.25) is 0 Å². The van der Waals surface area contributed by atoms with Gasteiger partial charge in [0.25, 0.3) is 0 Å². The Kier molecular flexibility index (Phi) is 3.97. The quantitative estimate of drug-likeness (QED) is 0.782. The van der Waals surface area contributed by atoms with Crippen LogP contribution in [0.1, 0.15) is 11.4 Å². The fourth-order valence-corrected chi connectivity index (χ4v) is 2.40. The lowest BCUT2D eigenvalue weighted by Crippen LogP contribution is -2.02. The first-order chi connectivity index (χ1) is 10.2. The third-order valence-electron chi connectivity index (χ3n) is 3.14. The fraction of sp³-hybridized carbons (Fsp3) is 0.0588. The zero-order valence-corrected chi connectivity index (χ0v) is 12.9. The lowest BCUT2D eigenvalue weighted by atomic mass is 10.1. The van der Waals surface area contributed by atoms with Crippen LogP contribution in [0.5, 0.6) is 0 Å². The van der Waals surface area contributed by atoms with Gasteiger partial charge in [0.2, 0.25) is 0 Å². The number of halogens is 1. The molecule has 3 aromatic rings. The number of benzene rings is 2. The highest BCUT2D eigenvalue weighted by atomic mass is 79.9. The number of nitrogens with zero attached hydrogens (tertiary/aromatic N) is 2. The minimum Gasteiger partial charge on any atom is -0.384 e. The lowest BCUT2D eigenvalue weighted by molar-refractivity contribution is 0.978. The Morgan fingerprint density at radius 1 is 0.905 bits per heavy atom. The van der Waals surface area contributed by atoms with Crippen LogP contribution >= 0.6 is 15.9 Å². The van der Waals surface area contributed by atoms with Gasteiger partial charge in [0.15, 0.2) is 0 Å². The molecule has 4 heteroatoms. The maximum atomic E-state index is 5.92. The largest absolute Gasteiger partial charge is 0.384 e. The van der Waals surface area contributed by atoms with Crippen LogP contribution in [0.25, 0.3) is 11.3 Å². The van der Waals surface area contributed by atoms with Crippen molar-refractivity contribution in [2.45, 2.75) is 6.42 Å². The predicted molar refractivity (Wildman–Crippen MR) is 88.8 cm³/mol. The van der Waals surface area contributed by atoms with Gasteiger partial charge in [0.05, 0.1) is 5.69 Å². The Balaban J connectivity index is 1.93. The topological polar surface area (TPSA) is 51.8 Å². The van der Waals surface area contributed by atoms with Crippen molar-refractivity contribution >= 4 is 21.7 Å². The smallest absolute Gasteiger partial charge is 0.135 e. The molecule has 1 aromatic heterocycles. The molecule has 1 heterocycles. The Bertz CT molecular complexity index is 740. The summed E-state index contributed by atoms with van der Waals surface area (Å²) in [5, 5.41) is 0. The molecule has 0 saturated carbocycles. The SMILES string of the molecule is Nc1cc(-c2ccccc2)nc(Cc2ccc(Br)cc2)n1. The average molecular weight is 340 g/mol. The van der Waals surface area contributed by atoms with Crippen LogP contribution in [-0.2, 0) is 6.42 Å². The van der Waals surface area contributed by atoms with Gasteiger partial charge in [-0.3, -0.25) is 0 Å². The zero-order chi connectivity index (χ0) is 14.7. The molecule has 0 aliphatic carbocycles. The van der Waals surface area contributed by atoms with E-state index in [1.807, 2.05) is 42.5 Å². The van der Waals surface area contributed by atoms with E-state index in [9.17, 15) is 0 Å². The summed E-state index contributed by atoms with van der Waals surface area (Å²) in [5.41, 5.74) is 8.97. The van der Waals surface area contributed by atoms with Crippen molar-refractivity contribution in [3.63, 3.8) is 0 Å². The molecular weight excluding hydrogens is 326 g/mol. The Labute approximate surface area is 132 Å². The van der Waals surface area contributed by atoms with Gasteiger partial charge in [-0.2, -0.15) is 0 Å². The van der Waals surface area contributed by atoms with Crippen LogP contribution < -0.4 is 5.73 Å². The number of aromatic nitrogens is 2. The Morgan fingerprint density at radius 2 is 1.62 bits per heavy atom. The van der Waals surface area contributed by atoms with Gasteiger partial charge in [-0.1, -0.05) is 58.4 Å². The van der Waals surface area contributed by atoms with Gasteiger partial charge in [0, 0.05) is 22.5 Å². The van der Waals surface area contributed by atoms with Crippen molar-refractivity contribution in [1.29, 1.82) is 0 Å². The number of nitrogen functional groups attached to an aromatic ring is 1. The van der Waals surface area contributed by atoms with Crippen LogP contribution in [0, 0.1) is 0 Å². The number of rotatable bonds is 3.